The van der Waals surface area contributed by atoms with Crippen molar-refractivity contribution in [3.63, 3.8) is 0 Å². The Morgan fingerprint density at radius 2 is 1.51 bits per heavy atom. The number of thioether (sulfide) groups is 1. The Bertz CT molecular complexity index is 1350. The monoisotopic (exact) mass is 484 g/mol. The number of benzene rings is 3. The largest absolute Gasteiger partial charge is 0.497 e. The molecule has 3 aliphatic rings. The van der Waals surface area contributed by atoms with Crippen LogP contribution in [-0.4, -0.2) is 30.2 Å². The van der Waals surface area contributed by atoms with Gasteiger partial charge in [0.15, 0.2) is 0 Å². The van der Waals surface area contributed by atoms with Gasteiger partial charge in [0.1, 0.15) is 5.75 Å². The summed E-state index contributed by atoms with van der Waals surface area (Å²) in [5, 5.41) is 0. The van der Waals surface area contributed by atoms with Gasteiger partial charge in [-0.2, -0.15) is 0 Å². The van der Waals surface area contributed by atoms with Crippen LogP contribution in [0.4, 0.5) is 11.4 Å². The smallest absolute Gasteiger partial charge is 0.269 e. The zero-order valence-corrected chi connectivity index (χ0v) is 21.2. The Balaban J connectivity index is 1.60. The summed E-state index contributed by atoms with van der Waals surface area (Å²) >= 11 is 1.43. The molecule has 1 saturated heterocycles. The molecule has 178 valence electrons. The van der Waals surface area contributed by atoms with E-state index in [9.17, 15) is 9.59 Å². The summed E-state index contributed by atoms with van der Waals surface area (Å²) in [5.74, 6) is 0.870. The molecule has 0 aliphatic carbocycles. The number of hydrogen-bond acceptors (Lipinski definition) is 4. The molecular weight excluding hydrogens is 456 g/mol. The van der Waals surface area contributed by atoms with E-state index in [4.69, 9.17) is 4.74 Å². The predicted molar refractivity (Wildman–Crippen MR) is 140 cm³/mol. The van der Waals surface area contributed by atoms with Crippen LogP contribution in [0.2, 0.25) is 0 Å². The fourth-order valence-electron chi connectivity index (χ4n) is 6.44. The molecule has 2 atom stereocenters. The number of methoxy groups -OCH3 is 1. The minimum atomic E-state index is -1.11. The van der Waals surface area contributed by atoms with Crippen LogP contribution in [0.5, 0.6) is 5.75 Å². The fourth-order valence-corrected chi connectivity index (χ4v) is 7.77. The second kappa shape index (κ2) is 7.37. The molecule has 0 bridgehead atoms. The van der Waals surface area contributed by atoms with Crippen molar-refractivity contribution in [1.82, 2.24) is 0 Å². The number of hydrogen-bond donors (Lipinski definition) is 0. The van der Waals surface area contributed by atoms with Crippen molar-refractivity contribution in [2.45, 2.75) is 43.0 Å². The van der Waals surface area contributed by atoms with Gasteiger partial charge in [0.25, 0.3) is 5.91 Å². The highest BCUT2D eigenvalue weighted by atomic mass is 32.2. The molecule has 0 N–H and O–H groups in total. The van der Waals surface area contributed by atoms with Crippen molar-refractivity contribution in [2.75, 3.05) is 22.7 Å². The van der Waals surface area contributed by atoms with E-state index in [0.29, 0.717) is 11.4 Å². The van der Waals surface area contributed by atoms with E-state index in [1.54, 1.807) is 12.0 Å². The van der Waals surface area contributed by atoms with Gasteiger partial charge in [-0.1, -0.05) is 55.5 Å². The van der Waals surface area contributed by atoms with Crippen LogP contribution in [0.15, 0.2) is 72.8 Å². The number of nitrogens with zero attached hydrogens (tertiary/aromatic N) is 2. The van der Waals surface area contributed by atoms with Crippen molar-refractivity contribution in [3.8, 4) is 5.75 Å². The van der Waals surface area contributed by atoms with Gasteiger partial charge < -0.3 is 9.64 Å². The zero-order valence-electron chi connectivity index (χ0n) is 20.4. The first-order valence-electron chi connectivity index (χ1n) is 11.9. The molecule has 2 amide bonds. The van der Waals surface area contributed by atoms with Gasteiger partial charge in [-0.3, -0.25) is 14.5 Å². The number of para-hydroxylation sites is 1. The second-order valence-electron chi connectivity index (χ2n) is 10.4. The van der Waals surface area contributed by atoms with Gasteiger partial charge in [0.05, 0.1) is 18.6 Å². The number of carbonyl (C=O) groups excluding carboxylic acids is 2. The molecule has 0 saturated carbocycles. The Labute approximate surface area is 210 Å². The molecule has 3 aromatic rings. The van der Waals surface area contributed by atoms with Crippen LogP contribution in [0.3, 0.4) is 0 Å². The third-order valence-electron chi connectivity index (χ3n) is 7.81. The number of anilines is 2. The topological polar surface area (TPSA) is 49.9 Å². The van der Waals surface area contributed by atoms with E-state index in [1.165, 1.54) is 17.3 Å². The van der Waals surface area contributed by atoms with Gasteiger partial charge in [-0.05, 0) is 55.7 Å². The van der Waals surface area contributed by atoms with E-state index in [2.05, 4.69) is 51.1 Å². The van der Waals surface area contributed by atoms with Crippen molar-refractivity contribution in [2.24, 2.45) is 0 Å². The second-order valence-corrected chi connectivity index (χ2v) is 11.6. The Morgan fingerprint density at radius 3 is 2.20 bits per heavy atom. The highest BCUT2D eigenvalue weighted by Gasteiger charge is 2.65. The van der Waals surface area contributed by atoms with Crippen LogP contribution in [-0.2, 0) is 19.9 Å². The zero-order chi connectivity index (χ0) is 24.6. The summed E-state index contributed by atoms with van der Waals surface area (Å²) in [6.45, 7) is 6.56. The predicted octanol–water partition coefficient (Wildman–Crippen LogP) is 5.46. The van der Waals surface area contributed by atoms with E-state index in [0.717, 1.165) is 23.2 Å². The average molecular weight is 485 g/mol. The third kappa shape index (κ3) is 2.83. The maximum atomic E-state index is 14.5. The molecule has 6 heteroatoms. The first kappa shape index (κ1) is 22.2. The Kier molecular flexibility index (Phi) is 4.68. The maximum absolute atomic E-state index is 14.5. The fraction of sp³-hybridized carbons (Fsp3) is 0.310. The third-order valence-corrected chi connectivity index (χ3v) is 9.20. The highest BCUT2D eigenvalue weighted by Crippen LogP contribution is 2.62. The van der Waals surface area contributed by atoms with Gasteiger partial charge in [-0.15, -0.1) is 11.8 Å². The van der Waals surface area contributed by atoms with E-state index < -0.39 is 10.4 Å². The quantitative estimate of drug-likeness (QED) is 0.495. The van der Waals surface area contributed by atoms with E-state index in [-0.39, 0.29) is 23.0 Å². The number of ether oxygens (including phenoxy) is 1. The lowest BCUT2D eigenvalue weighted by Crippen LogP contribution is -2.58. The molecule has 5 nitrogen and oxygen atoms in total. The molecule has 0 radical (unpaired) electrons. The van der Waals surface area contributed by atoms with Gasteiger partial charge >= 0.3 is 0 Å². The molecule has 6 rings (SSSR count). The van der Waals surface area contributed by atoms with Crippen LogP contribution in [0.25, 0.3) is 0 Å². The Morgan fingerprint density at radius 1 is 0.829 bits per heavy atom. The van der Waals surface area contributed by atoms with Gasteiger partial charge in [-0.25, -0.2) is 0 Å². The maximum Gasteiger partial charge on any atom is 0.269 e. The molecule has 35 heavy (non-hydrogen) atoms. The molecule has 3 aromatic carbocycles. The van der Waals surface area contributed by atoms with Crippen LogP contribution in [0.1, 0.15) is 43.9 Å². The number of fused-ring (bicyclic) bond motifs is 1. The van der Waals surface area contributed by atoms with Gasteiger partial charge in [0, 0.05) is 22.2 Å². The van der Waals surface area contributed by atoms with Crippen molar-refractivity contribution in [1.29, 1.82) is 0 Å². The normalized spacial score (nSPS) is 26.4. The summed E-state index contributed by atoms with van der Waals surface area (Å²) < 4.78 is 5.32. The van der Waals surface area contributed by atoms with Crippen LogP contribution < -0.4 is 14.5 Å². The van der Waals surface area contributed by atoms with E-state index >= 15 is 0 Å². The summed E-state index contributed by atoms with van der Waals surface area (Å²) in [4.78, 5) is 30.4. The molecule has 1 spiro atoms. The summed E-state index contributed by atoms with van der Waals surface area (Å²) in [6, 6.07) is 24.2. The summed E-state index contributed by atoms with van der Waals surface area (Å²) in [6.07, 6.45) is 0.781. The lowest BCUT2D eigenvalue weighted by molar-refractivity contribution is -0.124. The van der Waals surface area contributed by atoms with Gasteiger partial charge in [0.2, 0.25) is 10.8 Å². The number of carbonyl (C=O) groups is 2. The van der Waals surface area contributed by atoms with Crippen molar-refractivity contribution in [3.05, 3.63) is 89.5 Å². The highest BCUT2D eigenvalue weighted by molar-refractivity contribution is 8.02. The molecule has 1 fully saturated rings. The van der Waals surface area contributed by atoms with Crippen LogP contribution >= 0.6 is 11.8 Å². The molecule has 0 aromatic heterocycles. The minimum absolute atomic E-state index is 0.0354. The lowest BCUT2D eigenvalue weighted by Gasteiger charge is -2.50. The standard InChI is InChI=1S/C29H28N2O3S/c1-27(2)18-28(3,19-9-6-5-7-10-19)22-11-8-12-23-25(22)31(27)26(33)29(23)30(24(32)17-35-29)20-13-15-21(34-4)16-14-20/h5-16H,17-18H2,1-4H3/t28-,29-/m0/s1. The molecular formula is C29H28N2O3S. The number of rotatable bonds is 3. The van der Waals surface area contributed by atoms with E-state index in [1.807, 2.05) is 47.4 Å². The Hall–Kier alpha value is -3.25. The summed E-state index contributed by atoms with van der Waals surface area (Å²) in [7, 11) is 1.62. The van der Waals surface area contributed by atoms with Crippen molar-refractivity contribution >= 4 is 35.0 Å². The molecule has 3 aliphatic heterocycles. The summed E-state index contributed by atoms with van der Waals surface area (Å²) in [5.41, 5.74) is 4.23. The minimum Gasteiger partial charge on any atom is -0.497 e. The number of amides is 2. The first-order valence-corrected chi connectivity index (χ1v) is 12.9. The van der Waals surface area contributed by atoms with Crippen LogP contribution in [0, 0.1) is 0 Å². The van der Waals surface area contributed by atoms with Crippen molar-refractivity contribution < 1.29 is 14.3 Å². The molecule has 3 heterocycles. The lowest BCUT2D eigenvalue weighted by atomic mass is 9.65. The SMILES string of the molecule is COc1ccc(N2C(=O)CS[C@@]23C(=O)N2c4c(cccc43)[C@](C)(c3ccccc3)CC2(C)C)cc1. The molecule has 0 unspecified atom stereocenters. The first-order chi connectivity index (χ1) is 16.7. The average Bonchev–Trinajstić information content (AvgIpc) is 3.34.